The van der Waals surface area contributed by atoms with Crippen molar-refractivity contribution >= 4 is 11.7 Å². The molecule has 1 N–H and O–H groups in total. The topological polar surface area (TPSA) is 120 Å². The van der Waals surface area contributed by atoms with E-state index in [0.717, 1.165) is 18.9 Å². The fourth-order valence-corrected chi connectivity index (χ4v) is 2.90. The molecule has 4 heterocycles. The first-order valence-electron chi connectivity index (χ1n) is 9.23. The molecule has 0 spiro atoms. The zero-order chi connectivity index (χ0) is 20.1. The van der Waals surface area contributed by atoms with Gasteiger partial charge in [0.1, 0.15) is 0 Å². The molecular formula is C18H20N8O3. The monoisotopic (exact) mass is 396 g/mol. The zero-order valence-corrected chi connectivity index (χ0v) is 15.6. The maximum Gasteiger partial charge on any atom is 0.271 e. The molecule has 0 unspecified atom stereocenters. The maximum absolute atomic E-state index is 12.3. The number of ether oxygens (including phenoxy) is 1. The van der Waals surface area contributed by atoms with Gasteiger partial charge in [-0.2, -0.15) is 5.10 Å². The highest BCUT2D eigenvalue weighted by atomic mass is 16.5. The normalized spacial score (nSPS) is 14.0. The SMILES string of the molecule is O=C(NCCn1nc(-n2cccn2)ccc1=O)c1ccc(N2CCOCC2)nn1. The number of rotatable bonds is 6. The van der Waals surface area contributed by atoms with Crippen LogP contribution in [0.1, 0.15) is 10.5 Å². The van der Waals surface area contributed by atoms with Crippen LogP contribution in [0.3, 0.4) is 0 Å². The van der Waals surface area contributed by atoms with E-state index < -0.39 is 0 Å². The fourth-order valence-electron chi connectivity index (χ4n) is 2.90. The Morgan fingerprint density at radius 2 is 1.93 bits per heavy atom. The number of aromatic nitrogens is 6. The number of carbonyl (C=O) groups excluding carboxylic acids is 1. The third-order valence-corrected chi connectivity index (χ3v) is 4.42. The van der Waals surface area contributed by atoms with E-state index in [1.165, 1.54) is 10.7 Å². The van der Waals surface area contributed by atoms with Gasteiger partial charge in [0, 0.05) is 38.1 Å². The number of nitrogens with one attached hydrogen (secondary N) is 1. The molecule has 1 aliphatic heterocycles. The van der Waals surface area contributed by atoms with Crippen LogP contribution in [-0.4, -0.2) is 68.5 Å². The Balaban J connectivity index is 1.34. The highest BCUT2D eigenvalue weighted by Crippen LogP contribution is 2.11. The molecule has 4 rings (SSSR count). The molecule has 3 aromatic rings. The minimum Gasteiger partial charge on any atom is -0.378 e. The van der Waals surface area contributed by atoms with Gasteiger partial charge in [-0.15, -0.1) is 15.3 Å². The zero-order valence-electron chi connectivity index (χ0n) is 15.6. The van der Waals surface area contributed by atoms with Crippen molar-refractivity contribution in [1.29, 1.82) is 0 Å². The number of hydrogen-bond donors (Lipinski definition) is 1. The molecule has 11 nitrogen and oxygen atoms in total. The van der Waals surface area contributed by atoms with E-state index in [-0.39, 0.29) is 30.2 Å². The summed E-state index contributed by atoms with van der Waals surface area (Å²) in [5.74, 6) is 0.879. The van der Waals surface area contributed by atoms with Crippen LogP contribution in [0.4, 0.5) is 5.82 Å². The first kappa shape index (κ1) is 18.7. The van der Waals surface area contributed by atoms with Gasteiger partial charge >= 0.3 is 0 Å². The Morgan fingerprint density at radius 1 is 1.10 bits per heavy atom. The molecule has 150 valence electrons. The van der Waals surface area contributed by atoms with E-state index in [0.29, 0.717) is 19.0 Å². The predicted molar refractivity (Wildman–Crippen MR) is 103 cm³/mol. The lowest BCUT2D eigenvalue weighted by molar-refractivity contribution is 0.0945. The van der Waals surface area contributed by atoms with Gasteiger partial charge in [-0.25, -0.2) is 9.36 Å². The highest BCUT2D eigenvalue weighted by Gasteiger charge is 2.14. The first-order chi connectivity index (χ1) is 14.2. The van der Waals surface area contributed by atoms with Crippen molar-refractivity contribution in [3.8, 4) is 5.82 Å². The van der Waals surface area contributed by atoms with Crippen molar-refractivity contribution in [2.75, 3.05) is 37.7 Å². The third kappa shape index (κ3) is 4.46. The summed E-state index contributed by atoms with van der Waals surface area (Å²) in [6.45, 7) is 3.25. The summed E-state index contributed by atoms with van der Waals surface area (Å²) >= 11 is 0. The molecule has 1 fully saturated rings. The van der Waals surface area contributed by atoms with Crippen LogP contribution in [0.5, 0.6) is 0 Å². The first-order valence-corrected chi connectivity index (χ1v) is 9.23. The van der Waals surface area contributed by atoms with Gasteiger partial charge in [-0.1, -0.05) is 0 Å². The second-order valence-corrected chi connectivity index (χ2v) is 6.34. The highest BCUT2D eigenvalue weighted by molar-refractivity contribution is 5.92. The Hall–Kier alpha value is -3.60. The smallest absolute Gasteiger partial charge is 0.271 e. The van der Waals surface area contributed by atoms with Gasteiger partial charge in [0.15, 0.2) is 17.3 Å². The van der Waals surface area contributed by atoms with E-state index in [4.69, 9.17) is 4.74 Å². The van der Waals surface area contributed by atoms with E-state index in [1.54, 1.807) is 41.3 Å². The number of morpholine rings is 1. The molecule has 0 radical (unpaired) electrons. The predicted octanol–water partition coefficient (Wildman–Crippen LogP) is -0.514. The van der Waals surface area contributed by atoms with E-state index in [1.807, 2.05) is 0 Å². The minimum absolute atomic E-state index is 0.215. The van der Waals surface area contributed by atoms with Gasteiger partial charge < -0.3 is 15.0 Å². The Bertz CT molecular complexity index is 1010. The van der Waals surface area contributed by atoms with Crippen LogP contribution in [0.2, 0.25) is 0 Å². The standard InChI is InChI=1S/C18H20N8O3/c27-17-5-4-16(25-8-1-6-20-25)23-26(17)9-7-19-18(28)14-2-3-15(22-21-14)24-10-12-29-13-11-24/h1-6,8H,7,9-13H2,(H,19,28). The Morgan fingerprint density at radius 3 is 2.66 bits per heavy atom. The number of carbonyl (C=O) groups is 1. The van der Waals surface area contributed by atoms with Crippen LogP contribution in [-0.2, 0) is 11.3 Å². The van der Waals surface area contributed by atoms with E-state index >= 15 is 0 Å². The quantitative estimate of drug-likeness (QED) is 0.591. The molecule has 3 aromatic heterocycles. The number of hydrogen-bond acceptors (Lipinski definition) is 8. The lowest BCUT2D eigenvalue weighted by atomic mass is 10.3. The van der Waals surface area contributed by atoms with Crippen molar-refractivity contribution in [3.05, 3.63) is 58.8 Å². The van der Waals surface area contributed by atoms with Gasteiger partial charge in [0.2, 0.25) is 0 Å². The summed E-state index contributed by atoms with van der Waals surface area (Å²) < 4.78 is 8.15. The van der Waals surface area contributed by atoms with Crippen LogP contribution in [0.15, 0.2) is 47.5 Å². The largest absolute Gasteiger partial charge is 0.378 e. The second kappa shape index (κ2) is 8.61. The summed E-state index contributed by atoms with van der Waals surface area (Å²) in [6, 6.07) is 8.18. The van der Waals surface area contributed by atoms with E-state index in [2.05, 4.69) is 30.6 Å². The van der Waals surface area contributed by atoms with Crippen LogP contribution in [0.25, 0.3) is 5.82 Å². The average molecular weight is 396 g/mol. The summed E-state index contributed by atoms with van der Waals surface area (Å²) in [5, 5.41) is 19.2. The maximum atomic E-state index is 12.3. The van der Waals surface area contributed by atoms with Crippen molar-refractivity contribution in [3.63, 3.8) is 0 Å². The molecular weight excluding hydrogens is 376 g/mol. The average Bonchev–Trinajstić information content (AvgIpc) is 3.31. The minimum atomic E-state index is -0.359. The van der Waals surface area contributed by atoms with Crippen LogP contribution in [0, 0.1) is 0 Å². The summed E-state index contributed by atoms with van der Waals surface area (Å²) in [6.07, 6.45) is 3.36. The van der Waals surface area contributed by atoms with Crippen molar-refractivity contribution in [2.24, 2.45) is 0 Å². The number of amides is 1. The molecule has 0 bridgehead atoms. The Kier molecular flexibility index (Phi) is 5.56. The summed E-state index contributed by atoms with van der Waals surface area (Å²) in [4.78, 5) is 26.3. The van der Waals surface area contributed by atoms with Crippen molar-refractivity contribution in [1.82, 2.24) is 35.1 Å². The van der Waals surface area contributed by atoms with Crippen LogP contribution < -0.4 is 15.8 Å². The molecule has 1 aliphatic rings. The molecule has 11 heteroatoms. The third-order valence-electron chi connectivity index (χ3n) is 4.42. The van der Waals surface area contributed by atoms with Gasteiger partial charge in [0.25, 0.3) is 11.5 Å². The molecule has 1 saturated heterocycles. The lowest BCUT2D eigenvalue weighted by Gasteiger charge is -2.27. The summed E-state index contributed by atoms with van der Waals surface area (Å²) in [5.41, 5.74) is -0.0441. The van der Waals surface area contributed by atoms with Crippen molar-refractivity contribution in [2.45, 2.75) is 6.54 Å². The molecule has 0 atom stereocenters. The van der Waals surface area contributed by atoms with Gasteiger partial charge in [-0.3, -0.25) is 9.59 Å². The fraction of sp³-hybridized carbons (Fsp3) is 0.333. The second-order valence-electron chi connectivity index (χ2n) is 6.34. The van der Waals surface area contributed by atoms with Crippen LogP contribution >= 0.6 is 0 Å². The van der Waals surface area contributed by atoms with Crippen molar-refractivity contribution < 1.29 is 9.53 Å². The lowest BCUT2D eigenvalue weighted by Crippen LogP contribution is -2.37. The van der Waals surface area contributed by atoms with Gasteiger partial charge in [0.05, 0.1) is 19.8 Å². The van der Waals surface area contributed by atoms with E-state index in [9.17, 15) is 9.59 Å². The Labute approximate surface area is 165 Å². The molecule has 29 heavy (non-hydrogen) atoms. The molecule has 0 saturated carbocycles. The summed E-state index contributed by atoms with van der Waals surface area (Å²) in [7, 11) is 0. The molecule has 1 amide bonds. The number of nitrogens with zero attached hydrogens (tertiary/aromatic N) is 7. The molecule has 0 aromatic carbocycles. The number of anilines is 1. The molecule has 0 aliphatic carbocycles. The van der Waals surface area contributed by atoms with Gasteiger partial charge in [-0.05, 0) is 24.3 Å².